The highest BCUT2D eigenvalue weighted by atomic mass is 32.2. The number of hydrogen-bond donors (Lipinski definition) is 0. The number of oxazole rings is 1. The van der Waals surface area contributed by atoms with Gasteiger partial charge in [-0.3, -0.25) is 9.36 Å². The van der Waals surface area contributed by atoms with Crippen LogP contribution in [0.5, 0.6) is 11.5 Å². The first kappa shape index (κ1) is 27.4. The maximum Gasteiger partial charge on any atom is 0.275 e. The van der Waals surface area contributed by atoms with Crippen LogP contribution in [0.4, 0.5) is 5.69 Å². The smallest absolute Gasteiger partial charge is 0.275 e. The highest BCUT2D eigenvalue weighted by molar-refractivity contribution is 7.98. The number of methoxy groups -OCH3 is 2. The number of anilines is 1. The summed E-state index contributed by atoms with van der Waals surface area (Å²) in [5.74, 6) is 2.97. The topological polar surface area (TPSA) is 98.8 Å². The molecular formula is C31H30N6O4S. The molecule has 2 aromatic heterocycles. The second-order valence-corrected chi connectivity index (χ2v) is 10.5. The third-order valence-electron chi connectivity index (χ3n) is 7.08. The Morgan fingerprint density at radius 3 is 2.36 bits per heavy atom. The van der Waals surface area contributed by atoms with E-state index >= 15 is 0 Å². The summed E-state index contributed by atoms with van der Waals surface area (Å²) < 4.78 is 18.4. The van der Waals surface area contributed by atoms with Gasteiger partial charge in [0.25, 0.3) is 5.91 Å². The molecule has 0 atom stereocenters. The first-order valence-corrected chi connectivity index (χ1v) is 14.5. The molecule has 0 spiro atoms. The zero-order valence-corrected chi connectivity index (χ0v) is 24.2. The van der Waals surface area contributed by atoms with Crippen molar-refractivity contribution in [1.29, 1.82) is 0 Å². The number of ether oxygens (including phenoxy) is 2. The Balaban J connectivity index is 1.13. The van der Waals surface area contributed by atoms with Gasteiger partial charge in [-0.05, 0) is 48.5 Å². The highest BCUT2D eigenvalue weighted by Gasteiger charge is 2.25. The van der Waals surface area contributed by atoms with E-state index in [0.717, 1.165) is 41.5 Å². The van der Waals surface area contributed by atoms with Crippen molar-refractivity contribution in [3.63, 3.8) is 0 Å². The van der Waals surface area contributed by atoms with Gasteiger partial charge in [0, 0.05) is 43.1 Å². The van der Waals surface area contributed by atoms with Gasteiger partial charge in [0.2, 0.25) is 5.89 Å². The molecule has 10 nitrogen and oxygen atoms in total. The van der Waals surface area contributed by atoms with Crippen LogP contribution in [0.15, 0.2) is 94.7 Å². The summed E-state index contributed by atoms with van der Waals surface area (Å²) in [5.41, 5.74) is 3.24. The molecule has 0 aliphatic carbocycles. The Hall–Kier alpha value is -4.77. The van der Waals surface area contributed by atoms with Gasteiger partial charge < -0.3 is 23.7 Å². The van der Waals surface area contributed by atoms with Gasteiger partial charge >= 0.3 is 0 Å². The van der Waals surface area contributed by atoms with Crippen LogP contribution in [0.3, 0.4) is 0 Å². The van der Waals surface area contributed by atoms with Crippen molar-refractivity contribution < 1.29 is 18.7 Å². The van der Waals surface area contributed by atoms with Crippen LogP contribution in [0.25, 0.3) is 17.1 Å². The van der Waals surface area contributed by atoms with Gasteiger partial charge in [0.15, 0.2) is 16.7 Å². The first-order chi connectivity index (χ1) is 20.6. The number of benzene rings is 3. The molecule has 214 valence electrons. The SMILES string of the molecule is COc1ccc(N2CCN(C(=O)c3coc(CSc4nnc(-c5cccc(OC)c5)n4-c4ccccc4)n3)CC2)cc1. The van der Waals surface area contributed by atoms with Crippen LogP contribution in [-0.2, 0) is 5.75 Å². The molecule has 11 heteroatoms. The zero-order chi connectivity index (χ0) is 28.9. The van der Waals surface area contributed by atoms with Crippen molar-refractivity contribution in [3.05, 3.63) is 96.7 Å². The van der Waals surface area contributed by atoms with E-state index in [4.69, 9.17) is 13.9 Å². The summed E-state index contributed by atoms with van der Waals surface area (Å²) in [6.45, 7) is 2.69. The third kappa shape index (κ3) is 5.82. The lowest BCUT2D eigenvalue weighted by Gasteiger charge is -2.35. The number of nitrogens with zero attached hydrogens (tertiary/aromatic N) is 6. The zero-order valence-electron chi connectivity index (χ0n) is 23.3. The van der Waals surface area contributed by atoms with E-state index < -0.39 is 0 Å². The van der Waals surface area contributed by atoms with Gasteiger partial charge in [-0.15, -0.1) is 10.2 Å². The minimum absolute atomic E-state index is 0.128. The molecule has 0 N–H and O–H groups in total. The first-order valence-electron chi connectivity index (χ1n) is 13.5. The summed E-state index contributed by atoms with van der Waals surface area (Å²) in [7, 11) is 3.30. The van der Waals surface area contributed by atoms with Crippen LogP contribution >= 0.6 is 11.8 Å². The van der Waals surface area contributed by atoms with Gasteiger partial charge in [0.1, 0.15) is 17.8 Å². The number of aromatic nitrogens is 4. The van der Waals surface area contributed by atoms with Crippen LogP contribution in [0.2, 0.25) is 0 Å². The lowest BCUT2D eigenvalue weighted by atomic mass is 10.2. The molecule has 5 aromatic rings. The molecule has 3 heterocycles. The van der Waals surface area contributed by atoms with E-state index in [9.17, 15) is 4.79 Å². The Bertz CT molecular complexity index is 1650. The predicted octanol–water partition coefficient (Wildman–Crippen LogP) is 5.19. The van der Waals surface area contributed by atoms with Crippen molar-refractivity contribution >= 4 is 23.4 Å². The summed E-state index contributed by atoms with van der Waals surface area (Å²) in [6.07, 6.45) is 1.44. The average molecular weight is 583 g/mol. The summed E-state index contributed by atoms with van der Waals surface area (Å²) in [6, 6.07) is 25.6. The summed E-state index contributed by atoms with van der Waals surface area (Å²) in [5, 5.41) is 9.65. The number of rotatable bonds is 9. The molecule has 1 aliphatic heterocycles. The molecule has 0 unspecified atom stereocenters. The molecule has 1 fully saturated rings. The van der Waals surface area contributed by atoms with Crippen LogP contribution in [-0.4, -0.2) is 71.0 Å². The van der Waals surface area contributed by atoms with E-state index in [1.165, 1.54) is 18.0 Å². The van der Waals surface area contributed by atoms with E-state index in [1.807, 2.05) is 88.3 Å². The lowest BCUT2D eigenvalue weighted by Crippen LogP contribution is -2.48. The molecule has 1 saturated heterocycles. The van der Waals surface area contributed by atoms with Crippen LogP contribution in [0.1, 0.15) is 16.4 Å². The van der Waals surface area contributed by atoms with Gasteiger partial charge in [-0.1, -0.05) is 42.1 Å². The number of amides is 1. The standard InChI is InChI=1S/C31H30N6O4S/c1-39-25-13-11-23(12-14-25)35-15-17-36(18-16-35)30(38)27-20-41-28(32-27)21-42-31-34-33-29(22-7-6-10-26(19-22)40-2)37(31)24-8-4-3-5-9-24/h3-14,19-20H,15-18,21H2,1-2H3. The average Bonchev–Trinajstić information content (AvgIpc) is 3.71. The fourth-order valence-corrected chi connectivity index (χ4v) is 5.65. The normalized spacial score (nSPS) is 13.3. The summed E-state index contributed by atoms with van der Waals surface area (Å²) in [4.78, 5) is 21.8. The van der Waals surface area contributed by atoms with E-state index in [2.05, 4.69) is 20.1 Å². The van der Waals surface area contributed by atoms with Gasteiger partial charge in [-0.25, -0.2) is 4.98 Å². The van der Waals surface area contributed by atoms with E-state index in [1.54, 1.807) is 14.2 Å². The molecule has 1 amide bonds. The Kier molecular flexibility index (Phi) is 8.09. The molecule has 0 saturated carbocycles. The Labute approximate surface area is 247 Å². The maximum absolute atomic E-state index is 13.2. The summed E-state index contributed by atoms with van der Waals surface area (Å²) >= 11 is 1.44. The number of carbonyl (C=O) groups is 1. The highest BCUT2D eigenvalue weighted by Crippen LogP contribution is 2.31. The van der Waals surface area contributed by atoms with Crippen molar-refractivity contribution in [2.75, 3.05) is 45.3 Å². The van der Waals surface area contributed by atoms with Crippen molar-refractivity contribution in [2.45, 2.75) is 10.9 Å². The molecule has 0 bridgehead atoms. The number of para-hydroxylation sites is 1. The van der Waals surface area contributed by atoms with Crippen molar-refractivity contribution in [3.8, 4) is 28.6 Å². The number of piperazine rings is 1. The minimum Gasteiger partial charge on any atom is -0.497 e. The van der Waals surface area contributed by atoms with Crippen LogP contribution < -0.4 is 14.4 Å². The second-order valence-electron chi connectivity index (χ2n) is 9.60. The molecular weight excluding hydrogens is 552 g/mol. The monoisotopic (exact) mass is 582 g/mol. The number of thioether (sulfide) groups is 1. The largest absolute Gasteiger partial charge is 0.497 e. The predicted molar refractivity (Wildman–Crippen MR) is 161 cm³/mol. The van der Waals surface area contributed by atoms with Gasteiger partial charge in [-0.2, -0.15) is 0 Å². The Morgan fingerprint density at radius 1 is 0.857 bits per heavy atom. The fraction of sp³-hybridized carbons (Fsp3) is 0.226. The van der Waals surface area contributed by atoms with Crippen molar-refractivity contribution in [1.82, 2.24) is 24.6 Å². The molecule has 6 rings (SSSR count). The second kappa shape index (κ2) is 12.4. The fourth-order valence-electron chi connectivity index (χ4n) is 4.85. The minimum atomic E-state index is -0.128. The molecule has 1 aliphatic rings. The number of hydrogen-bond acceptors (Lipinski definition) is 9. The number of carbonyl (C=O) groups excluding carboxylic acids is 1. The van der Waals surface area contributed by atoms with E-state index in [0.29, 0.717) is 41.4 Å². The van der Waals surface area contributed by atoms with Gasteiger partial charge in [0.05, 0.1) is 20.0 Å². The third-order valence-corrected chi connectivity index (χ3v) is 7.99. The lowest BCUT2D eigenvalue weighted by molar-refractivity contribution is 0.0740. The molecule has 42 heavy (non-hydrogen) atoms. The Morgan fingerprint density at radius 2 is 1.62 bits per heavy atom. The van der Waals surface area contributed by atoms with E-state index in [-0.39, 0.29) is 5.91 Å². The molecule has 0 radical (unpaired) electrons. The molecule has 3 aromatic carbocycles. The van der Waals surface area contributed by atoms with Crippen LogP contribution in [0, 0.1) is 0 Å². The quantitative estimate of drug-likeness (QED) is 0.217. The van der Waals surface area contributed by atoms with Crippen molar-refractivity contribution in [2.24, 2.45) is 0 Å². The maximum atomic E-state index is 13.2.